The summed E-state index contributed by atoms with van der Waals surface area (Å²) < 4.78 is 12.9. The number of nitrogens with two attached hydrogens (primary N) is 1. The molecule has 1 amide bonds. The van der Waals surface area contributed by atoms with E-state index >= 15 is 0 Å². The van der Waals surface area contributed by atoms with E-state index in [9.17, 15) is 9.18 Å². The number of halogens is 1. The molecule has 98 valence electrons. The first kappa shape index (κ1) is 13.4. The fraction of sp³-hybridized carbons (Fsp3) is 0.0714. The van der Waals surface area contributed by atoms with Crippen LogP contribution in [0.4, 0.5) is 15.8 Å². The molecule has 0 saturated heterocycles. The van der Waals surface area contributed by atoms with Gasteiger partial charge in [0, 0.05) is 28.1 Å². The van der Waals surface area contributed by atoms with Gasteiger partial charge in [0.1, 0.15) is 5.82 Å². The van der Waals surface area contributed by atoms with Crippen LogP contribution < -0.4 is 11.1 Å². The maximum absolute atomic E-state index is 12.9. The Kier molecular flexibility index (Phi) is 4.06. The second-order valence-electron chi connectivity index (χ2n) is 3.99. The zero-order chi connectivity index (χ0) is 13.8. The van der Waals surface area contributed by atoms with Gasteiger partial charge in [0.15, 0.2) is 0 Å². The van der Waals surface area contributed by atoms with Gasteiger partial charge in [-0.25, -0.2) is 4.39 Å². The molecule has 5 heteroatoms. The van der Waals surface area contributed by atoms with Crippen LogP contribution >= 0.6 is 11.8 Å². The molecule has 0 aliphatic rings. The molecular weight excluding hydrogens is 263 g/mol. The van der Waals surface area contributed by atoms with Crippen molar-refractivity contribution in [1.29, 1.82) is 0 Å². The van der Waals surface area contributed by atoms with Crippen LogP contribution in [0.3, 0.4) is 0 Å². The van der Waals surface area contributed by atoms with E-state index in [1.165, 1.54) is 30.8 Å². The number of nitrogen functional groups attached to an aromatic ring is 1. The number of hydrogen-bond acceptors (Lipinski definition) is 3. The van der Waals surface area contributed by atoms with Crippen LogP contribution in [0.25, 0.3) is 0 Å². The quantitative estimate of drug-likeness (QED) is 0.843. The number of benzene rings is 2. The lowest BCUT2D eigenvalue weighted by Crippen LogP contribution is -2.05. The van der Waals surface area contributed by atoms with Gasteiger partial charge < -0.3 is 11.1 Å². The Hall–Kier alpha value is -2.01. The second kappa shape index (κ2) is 5.75. The van der Waals surface area contributed by atoms with Crippen molar-refractivity contribution in [2.75, 3.05) is 11.1 Å². The highest BCUT2D eigenvalue weighted by atomic mass is 32.2. The molecule has 0 spiro atoms. The van der Waals surface area contributed by atoms with Gasteiger partial charge in [0.2, 0.25) is 5.91 Å². The third kappa shape index (κ3) is 3.72. The van der Waals surface area contributed by atoms with E-state index in [1.54, 1.807) is 6.07 Å². The second-order valence-corrected chi connectivity index (χ2v) is 5.11. The molecule has 0 aromatic heterocycles. The largest absolute Gasteiger partial charge is 0.398 e. The third-order valence-electron chi connectivity index (χ3n) is 2.37. The van der Waals surface area contributed by atoms with Crippen molar-refractivity contribution >= 4 is 29.0 Å². The Balaban J connectivity index is 2.13. The molecule has 0 saturated carbocycles. The predicted octanol–water partition coefficient (Wildman–Crippen LogP) is 3.52. The molecule has 0 aliphatic heterocycles. The molecule has 0 unspecified atom stereocenters. The molecule has 3 N–H and O–H groups in total. The van der Waals surface area contributed by atoms with Crippen LogP contribution in [0.2, 0.25) is 0 Å². The third-order valence-corrected chi connectivity index (χ3v) is 3.47. The summed E-state index contributed by atoms with van der Waals surface area (Å²) in [6.07, 6.45) is 0. The molecule has 3 nitrogen and oxygen atoms in total. The van der Waals surface area contributed by atoms with Gasteiger partial charge in [-0.2, -0.15) is 0 Å². The summed E-state index contributed by atoms with van der Waals surface area (Å²) in [6.45, 7) is 1.46. The molecule has 0 radical (unpaired) electrons. The highest BCUT2D eigenvalue weighted by Gasteiger charge is 2.04. The monoisotopic (exact) mass is 276 g/mol. The molecule has 0 aliphatic carbocycles. The molecule has 0 heterocycles. The molecular formula is C14H13FN2OS. The molecule has 2 rings (SSSR count). The highest BCUT2D eigenvalue weighted by molar-refractivity contribution is 7.99. The zero-order valence-electron chi connectivity index (χ0n) is 10.3. The summed E-state index contributed by atoms with van der Waals surface area (Å²) in [4.78, 5) is 12.7. The van der Waals surface area contributed by atoms with Gasteiger partial charge in [0.05, 0.1) is 0 Å². The number of nitrogens with one attached hydrogen (secondary N) is 1. The van der Waals surface area contributed by atoms with Crippen molar-refractivity contribution in [2.45, 2.75) is 16.7 Å². The first-order valence-electron chi connectivity index (χ1n) is 5.65. The standard InChI is InChI=1S/C14H13FN2OS/c1-9(18)17-11-3-5-12(6-4-11)19-14-7-2-10(15)8-13(14)16/h2-8H,16H2,1H3,(H,17,18). The maximum Gasteiger partial charge on any atom is 0.221 e. The lowest BCUT2D eigenvalue weighted by atomic mass is 10.3. The lowest BCUT2D eigenvalue weighted by molar-refractivity contribution is -0.114. The number of amides is 1. The fourth-order valence-electron chi connectivity index (χ4n) is 1.55. The number of carbonyl (C=O) groups excluding carboxylic acids is 1. The minimum absolute atomic E-state index is 0.108. The van der Waals surface area contributed by atoms with Gasteiger partial charge in [-0.15, -0.1) is 0 Å². The van der Waals surface area contributed by atoms with Crippen molar-refractivity contribution in [2.24, 2.45) is 0 Å². The van der Waals surface area contributed by atoms with E-state index in [1.807, 2.05) is 24.3 Å². The van der Waals surface area contributed by atoms with Crippen molar-refractivity contribution < 1.29 is 9.18 Å². The Labute approximate surface area is 115 Å². The van der Waals surface area contributed by atoms with E-state index < -0.39 is 0 Å². The maximum atomic E-state index is 12.9. The molecule has 19 heavy (non-hydrogen) atoms. The number of carbonyl (C=O) groups is 1. The Bertz CT molecular complexity index is 599. The van der Waals surface area contributed by atoms with E-state index in [2.05, 4.69) is 5.32 Å². The normalized spacial score (nSPS) is 10.2. The Morgan fingerprint density at radius 3 is 2.47 bits per heavy atom. The predicted molar refractivity (Wildman–Crippen MR) is 75.7 cm³/mol. The van der Waals surface area contributed by atoms with Crippen molar-refractivity contribution in [3.63, 3.8) is 0 Å². The average molecular weight is 276 g/mol. The summed E-state index contributed by atoms with van der Waals surface area (Å²) in [6, 6.07) is 11.7. The van der Waals surface area contributed by atoms with Crippen LogP contribution in [0.1, 0.15) is 6.92 Å². The number of anilines is 2. The number of rotatable bonds is 3. The van der Waals surface area contributed by atoms with Gasteiger partial charge in [-0.3, -0.25) is 4.79 Å². The molecule has 0 atom stereocenters. The summed E-state index contributed by atoms with van der Waals surface area (Å²) in [7, 11) is 0. The van der Waals surface area contributed by atoms with Crippen LogP contribution in [0, 0.1) is 5.82 Å². The molecule has 2 aromatic carbocycles. The van der Waals surface area contributed by atoms with Gasteiger partial charge in [-0.05, 0) is 42.5 Å². The van der Waals surface area contributed by atoms with E-state index in [4.69, 9.17) is 5.73 Å². The van der Waals surface area contributed by atoms with E-state index in [0.717, 1.165) is 15.5 Å². The molecule has 0 bridgehead atoms. The fourth-order valence-corrected chi connectivity index (χ4v) is 2.39. The van der Waals surface area contributed by atoms with Gasteiger partial charge >= 0.3 is 0 Å². The van der Waals surface area contributed by atoms with Crippen molar-refractivity contribution in [3.8, 4) is 0 Å². The summed E-state index contributed by atoms with van der Waals surface area (Å²) in [5.74, 6) is -0.453. The van der Waals surface area contributed by atoms with E-state index in [0.29, 0.717) is 5.69 Å². The Morgan fingerprint density at radius 2 is 1.89 bits per heavy atom. The summed E-state index contributed by atoms with van der Waals surface area (Å²) in [5.41, 5.74) is 6.90. The van der Waals surface area contributed by atoms with E-state index in [-0.39, 0.29) is 11.7 Å². The van der Waals surface area contributed by atoms with Crippen LogP contribution in [0.5, 0.6) is 0 Å². The molecule has 2 aromatic rings. The van der Waals surface area contributed by atoms with Crippen LogP contribution in [-0.2, 0) is 4.79 Å². The number of hydrogen-bond donors (Lipinski definition) is 2. The average Bonchev–Trinajstić information content (AvgIpc) is 2.34. The molecule has 0 fully saturated rings. The zero-order valence-corrected chi connectivity index (χ0v) is 11.1. The Morgan fingerprint density at radius 1 is 1.21 bits per heavy atom. The first-order valence-corrected chi connectivity index (χ1v) is 6.47. The highest BCUT2D eigenvalue weighted by Crippen LogP contribution is 2.32. The van der Waals surface area contributed by atoms with Gasteiger partial charge in [0.25, 0.3) is 0 Å². The smallest absolute Gasteiger partial charge is 0.221 e. The van der Waals surface area contributed by atoms with Crippen LogP contribution in [0.15, 0.2) is 52.3 Å². The SMILES string of the molecule is CC(=O)Nc1ccc(Sc2ccc(F)cc2N)cc1. The summed E-state index contributed by atoms with van der Waals surface area (Å²) in [5, 5.41) is 2.69. The van der Waals surface area contributed by atoms with Gasteiger partial charge in [-0.1, -0.05) is 11.8 Å². The minimum Gasteiger partial charge on any atom is -0.398 e. The lowest BCUT2D eigenvalue weighted by Gasteiger charge is -2.07. The first-order chi connectivity index (χ1) is 9.04. The van der Waals surface area contributed by atoms with Crippen molar-refractivity contribution in [1.82, 2.24) is 0 Å². The van der Waals surface area contributed by atoms with Crippen molar-refractivity contribution in [3.05, 3.63) is 48.3 Å². The minimum atomic E-state index is -0.345. The topological polar surface area (TPSA) is 55.1 Å². The van der Waals surface area contributed by atoms with Crippen LogP contribution in [-0.4, -0.2) is 5.91 Å². The summed E-state index contributed by atoms with van der Waals surface area (Å²) >= 11 is 1.45.